The third kappa shape index (κ3) is 6.65. The summed E-state index contributed by atoms with van der Waals surface area (Å²) in [6.07, 6.45) is 0. The van der Waals surface area contributed by atoms with Crippen LogP contribution in [0.3, 0.4) is 0 Å². The summed E-state index contributed by atoms with van der Waals surface area (Å²) < 4.78 is 5.36. The standard InChI is InChI=1S/C19H30N4O3/c1-4-22(13-18(24)20-15(2)3)14-19(25)21-16-5-7-17(8-6-16)23-9-11-26-12-10-23/h5-8,15H,4,9-14H2,1-3H3,(H,20,24)(H,21,25)/p+1. The van der Waals surface area contributed by atoms with Gasteiger partial charge in [-0.1, -0.05) is 0 Å². The van der Waals surface area contributed by atoms with Crippen molar-refractivity contribution in [3.05, 3.63) is 24.3 Å². The first-order valence-electron chi connectivity index (χ1n) is 9.33. The maximum Gasteiger partial charge on any atom is 0.279 e. The number of quaternary nitrogens is 1. The van der Waals surface area contributed by atoms with E-state index in [4.69, 9.17) is 4.74 Å². The number of morpholine rings is 1. The molecule has 7 nitrogen and oxygen atoms in total. The average Bonchev–Trinajstić information content (AvgIpc) is 2.61. The Hall–Kier alpha value is -2.12. The van der Waals surface area contributed by atoms with Gasteiger partial charge in [-0.3, -0.25) is 9.59 Å². The van der Waals surface area contributed by atoms with Gasteiger partial charge in [-0.25, -0.2) is 0 Å². The molecular weight excluding hydrogens is 332 g/mol. The molecule has 1 aliphatic heterocycles. The summed E-state index contributed by atoms with van der Waals surface area (Å²) in [7, 11) is 0. The monoisotopic (exact) mass is 363 g/mol. The van der Waals surface area contributed by atoms with Crippen LogP contribution < -0.4 is 20.4 Å². The molecule has 1 aromatic rings. The predicted octanol–water partition coefficient (Wildman–Crippen LogP) is -0.109. The minimum Gasteiger partial charge on any atom is -0.378 e. The normalized spacial score (nSPS) is 15.6. The van der Waals surface area contributed by atoms with Gasteiger partial charge in [-0.15, -0.1) is 0 Å². The number of amides is 2. The molecule has 144 valence electrons. The molecule has 1 heterocycles. The quantitative estimate of drug-likeness (QED) is 0.603. The minimum atomic E-state index is -0.0849. The minimum absolute atomic E-state index is 0.0282. The first-order chi connectivity index (χ1) is 12.5. The van der Waals surface area contributed by atoms with Crippen molar-refractivity contribution in [3.63, 3.8) is 0 Å². The van der Waals surface area contributed by atoms with E-state index in [9.17, 15) is 9.59 Å². The predicted molar refractivity (Wildman–Crippen MR) is 103 cm³/mol. The van der Waals surface area contributed by atoms with E-state index in [1.54, 1.807) is 0 Å². The Kier molecular flexibility index (Phi) is 7.87. The molecule has 0 aliphatic carbocycles. The first kappa shape index (κ1) is 20.2. The smallest absolute Gasteiger partial charge is 0.279 e. The molecule has 1 unspecified atom stereocenters. The van der Waals surface area contributed by atoms with Gasteiger partial charge in [0.1, 0.15) is 0 Å². The van der Waals surface area contributed by atoms with Gasteiger partial charge < -0.3 is 25.2 Å². The van der Waals surface area contributed by atoms with Gasteiger partial charge in [0.25, 0.3) is 11.8 Å². The maximum absolute atomic E-state index is 12.3. The van der Waals surface area contributed by atoms with E-state index in [2.05, 4.69) is 15.5 Å². The van der Waals surface area contributed by atoms with Crippen LogP contribution in [0.25, 0.3) is 0 Å². The Labute approximate surface area is 155 Å². The Morgan fingerprint density at radius 3 is 2.31 bits per heavy atom. The number of nitrogens with zero attached hydrogens (tertiary/aromatic N) is 1. The van der Waals surface area contributed by atoms with Crippen LogP contribution in [-0.4, -0.2) is 63.8 Å². The third-order valence-corrected chi connectivity index (χ3v) is 4.30. The fourth-order valence-electron chi connectivity index (χ4n) is 2.92. The fraction of sp³-hybridized carbons (Fsp3) is 0.579. The molecule has 1 aliphatic rings. The van der Waals surface area contributed by atoms with Crippen molar-refractivity contribution in [2.24, 2.45) is 0 Å². The average molecular weight is 363 g/mol. The maximum atomic E-state index is 12.3. The van der Waals surface area contributed by atoms with Crippen LogP contribution in [0.2, 0.25) is 0 Å². The highest BCUT2D eigenvalue weighted by Crippen LogP contribution is 2.18. The van der Waals surface area contributed by atoms with Gasteiger partial charge in [-0.2, -0.15) is 0 Å². The first-order valence-corrected chi connectivity index (χ1v) is 9.33. The zero-order valence-corrected chi connectivity index (χ0v) is 16.0. The van der Waals surface area contributed by atoms with Gasteiger partial charge in [-0.05, 0) is 45.0 Å². The lowest BCUT2D eigenvalue weighted by Crippen LogP contribution is -3.14. The summed E-state index contributed by atoms with van der Waals surface area (Å²) in [5.74, 6) is -0.113. The van der Waals surface area contributed by atoms with Crippen LogP contribution >= 0.6 is 0 Å². The van der Waals surface area contributed by atoms with Crippen LogP contribution in [0.5, 0.6) is 0 Å². The summed E-state index contributed by atoms with van der Waals surface area (Å²) in [5, 5.41) is 5.78. The number of ether oxygens (including phenoxy) is 1. The van der Waals surface area contributed by atoms with Crippen molar-refractivity contribution in [1.29, 1.82) is 0 Å². The number of likely N-dealkylation sites (N-methyl/N-ethyl adjacent to an activating group) is 1. The van der Waals surface area contributed by atoms with Crippen molar-refractivity contribution >= 4 is 23.2 Å². The highest BCUT2D eigenvalue weighted by atomic mass is 16.5. The van der Waals surface area contributed by atoms with Crippen molar-refractivity contribution in [1.82, 2.24) is 5.32 Å². The molecule has 2 amide bonds. The molecule has 3 N–H and O–H groups in total. The molecule has 0 radical (unpaired) electrons. The number of hydrogen-bond acceptors (Lipinski definition) is 4. The number of anilines is 2. The number of rotatable bonds is 8. The summed E-state index contributed by atoms with van der Waals surface area (Å²) in [4.78, 5) is 27.4. The van der Waals surface area contributed by atoms with Gasteiger partial charge >= 0.3 is 0 Å². The van der Waals surface area contributed by atoms with Gasteiger partial charge in [0.05, 0.1) is 19.8 Å². The van der Waals surface area contributed by atoms with Crippen LogP contribution in [-0.2, 0) is 14.3 Å². The topological polar surface area (TPSA) is 75.1 Å². The molecule has 0 bridgehead atoms. The van der Waals surface area contributed by atoms with Crippen molar-refractivity contribution in [2.75, 3.05) is 56.2 Å². The molecule has 1 aromatic carbocycles. The van der Waals surface area contributed by atoms with E-state index in [0.29, 0.717) is 6.54 Å². The summed E-state index contributed by atoms with van der Waals surface area (Å²) in [6, 6.07) is 7.97. The third-order valence-electron chi connectivity index (χ3n) is 4.30. The fourth-order valence-corrected chi connectivity index (χ4v) is 2.92. The molecule has 2 rings (SSSR count). The van der Waals surface area contributed by atoms with Crippen LogP contribution in [0, 0.1) is 0 Å². The Balaban J connectivity index is 1.83. The van der Waals surface area contributed by atoms with E-state index in [1.165, 1.54) is 0 Å². The molecule has 0 aromatic heterocycles. The lowest BCUT2D eigenvalue weighted by molar-refractivity contribution is -0.881. The summed E-state index contributed by atoms with van der Waals surface area (Å²) in [5.41, 5.74) is 1.91. The zero-order valence-electron chi connectivity index (χ0n) is 16.0. The number of carbonyl (C=O) groups excluding carboxylic acids is 2. The molecule has 1 atom stereocenters. The molecule has 0 saturated carbocycles. The molecule has 1 saturated heterocycles. The van der Waals surface area contributed by atoms with E-state index >= 15 is 0 Å². The van der Waals surface area contributed by atoms with E-state index in [1.807, 2.05) is 45.0 Å². The second kappa shape index (κ2) is 10.1. The number of benzene rings is 1. The van der Waals surface area contributed by atoms with E-state index in [0.717, 1.165) is 49.1 Å². The number of carbonyl (C=O) groups is 2. The van der Waals surface area contributed by atoms with Crippen LogP contribution in [0.4, 0.5) is 11.4 Å². The number of hydrogen-bond donors (Lipinski definition) is 3. The second-order valence-electron chi connectivity index (χ2n) is 6.87. The zero-order chi connectivity index (χ0) is 18.9. The molecule has 26 heavy (non-hydrogen) atoms. The molecule has 7 heteroatoms. The van der Waals surface area contributed by atoms with Gasteiger partial charge in [0.15, 0.2) is 13.1 Å². The number of nitrogens with one attached hydrogen (secondary N) is 3. The van der Waals surface area contributed by atoms with E-state index in [-0.39, 0.29) is 24.4 Å². The Bertz CT molecular complexity index is 583. The SMILES string of the molecule is CC[NH+](CC(=O)Nc1ccc(N2CCOCC2)cc1)CC(=O)NC(C)C. The highest BCUT2D eigenvalue weighted by molar-refractivity contribution is 5.91. The largest absolute Gasteiger partial charge is 0.378 e. The van der Waals surface area contributed by atoms with Crippen LogP contribution in [0.15, 0.2) is 24.3 Å². The molecule has 1 fully saturated rings. The highest BCUT2D eigenvalue weighted by Gasteiger charge is 2.17. The summed E-state index contributed by atoms with van der Waals surface area (Å²) in [6.45, 7) is 10.4. The van der Waals surface area contributed by atoms with Crippen molar-refractivity contribution < 1.29 is 19.2 Å². The van der Waals surface area contributed by atoms with Crippen molar-refractivity contribution in [3.8, 4) is 0 Å². The van der Waals surface area contributed by atoms with Gasteiger partial charge in [0.2, 0.25) is 0 Å². The summed E-state index contributed by atoms with van der Waals surface area (Å²) >= 11 is 0. The van der Waals surface area contributed by atoms with Crippen molar-refractivity contribution in [2.45, 2.75) is 26.8 Å². The Morgan fingerprint density at radius 2 is 1.73 bits per heavy atom. The van der Waals surface area contributed by atoms with Gasteiger partial charge in [0, 0.05) is 30.5 Å². The lowest BCUT2D eigenvalue weighted by atomic mass is 10.2. The van der Waals surface area contributed by atoms with Crippen LogP contribution in [0.1, 0.15) is 20.8 Å². The Morgan fingerprint density at radius 1 is 1.12 bits per heavy atom. The molecular formula is C19H31N4O3+. The van der Waals surface area contributed by atoms with E-state index < -0.39 is 0 Å². The molecule has 0 spiro atoms. The lowest BCUT2D eigenvalue weighted by Gasteiger charge is -2.28. The second-order valence-corrected chi connectivity index (χ2v) is 6.87.